The van der Waals surface area contributed by atoms with Crippen LogP contribution >= 0.6 is 0 Å². The molecule has 5 fully saturated rings. The van der Waals surface area contributed by atoms with E-state index in [1.807, 2.05) is 0 Å². The normalized spacial score (nSPS) is 43.6. The molecule has 5 saturated carbocycles. The van der Waals surface area contributed by atoms with Crippen LogP contribution in [0.25, 0.3) is 0 Å². The monoisotopic (exact) mass is 290 g/mol. The summed E-state index contributed by atoms with van der Waals surface area (Å²) in [6.45, 7) is 2.26. The van der Waals surface area contributed by atoms with Crippen LogP contribution in [0.4, 0.5) is 0 Å². The molecule has 0 radical (unpaired) electrons. The van der Waals surface area contributed by atoms with Crippen LogP contribution in [-0.2, 0) is 4.79 Å². The van der Waals surface area contributed by atoms with Gasteiger partial charge in [-0.2, -0.15) is 0 Å². The predicted molar refractivity (Wildman–Crippen MR) is 83.5 cm³/mol. The third kappa shape index (κ3) is 2.62. The van der Waals surface area contributed by atoms with Crippen molar-refractivity contribution in [3.05, 3.63) is 0 Å². The number of nitrogens with two attached hydrogens (primary N) is 1. The number of carbonyl (C=O) groups is 1. The third-order valence-corrected chi connectivity index (χ3v) is 7.03. The van der Waals surface area contributed by atoms with Gasteiger partial charge >= 0.3 is 0 Å². The van der Waals surface area contributed by atoms with Crippen LogP contribution in [0.3, 0.4) is 0 Å². The minimum absolute atomic E-state index is 0.0913. The second kappa shape index (κ2) is 4.97. The van der Waals surface area contributed by atoms with Crippen molar-refractivity contribution in [2.24, 2.45) is 34.8 Å². The molecular weight excluding hydrogens is 260 g/mol. The molecule has 0 heterocycles. The first-order valence-corrected chi connectivity index (χ1v) is 9.09. The average molecular weight is 290 g/mol. The maximum absolute atomic E-state index is 12.3. The molecule has 0 saturated heterocycles. The zero-order chi connectivity index (χ0) is 14.6. The lowest BCUT2D eigenvalue weighted by Gasteiger charge is -2.59. The number of hydrogen-bond acceptors (Lipinski definition) is 2. The summed E-state index contributed by atoms with van der Waals surface area (Å²) in [7, 11) is 0. The molecule has 0 aliphatic heterocycles. The summed E-state index contributed by atoms with van der Waals surface area (Å²) < 4.78 is 0. The minimum atomic E-state index is 0.0913. The van der Waals surface area contributed by atoms with Crippen LogP contribution in [0.2, 0.25) is 0 Å². The first kappa shape index (κ1) is 14.0. The maximum atomic E-state index is 12.3. The van der Waals surface area contributed by atoms with Gasteiger partial charge in [0.2, 0.25) is 5.91 Å². The molecule has 5 aliphatic carbocycles. The van der Waals surface area contributed by atoms with Crippen molar-refractivity contribution in [2.75, 3.05) is 0 Å². The Morgan fingerprint density at radius 3 is 2.14 bits per heavy atom. The van der Waals surface area contributed by atoms with E-state index in [4.69, 9.17) is 5.73 Å². The molecule has 0 aromatic rings. The Labute approximate surface area is 128 Å². The molecule has 3 nitrogen and oxygen atoms in total. The van der Waals surface area contributed by atoms with Gasteiger partial charge in [0.15, 0.2) is 0 Å². The van der Waals surface area contributed by atoms with Gasteiger partial charge in [-0.25, -0.2) is 0 Å². The van der Waals surface area contributed by atoms with Crippen LogP contribution in [0.5, 0.6) is 0 Å². The fourth-order valence-electron chi connectivity index (χ4n) is 6.07. The van der Waals surface area contributed by atoms with Crippen LogP contribution in [0, 0.1) is 29.1 Å². The van der Waals surface area contributed by atoms with Gasteiger partial charge in [0.1, 0.15) is 0 Å². The van der Waals surface area contributed by atoms with Gasteiger partial charge < -0.3 is 11.1 Å². The standard InChI is InChI=1S/C18H30N2O/c1-11(20-17(21)7-16(19)15-2-3-15)18-8-12-4-13(9-18)6-14(5-12)10-18/h11-16H,2-10,19H2,1H3,(H,20,21). The lowest BCUT2D eigenvalue weighted by atomic mass is 9.48. The summed E-state index contributed by atoms with van der Waals surface area (Å²) in [4.78, 5) is 12.3. The topological polar surface area (TPSA) is 55.1 Å². The summed E-state index contributed by atoms with van der Waals surface area (Å²) in [5.41, 5.74) is 6.51. The predicted octanol–water partition coefficient (Wildman–Crippen LogP) is 2.83. The molecule has 5 rings (SSSR count). The fraction of sp³-hybridized carbons (Fsp3) is 0.944. The largest absolute Gasteiger partial charge is 0.353 e. The van der Waals surface area contributed by atoms with Gasteiger partial charge in [0, 0.05) is 18.5 Å². The highest BCUT2D eigenvalue weighted by Crippen LogP contribution is 2.61. The second-order valence-electron chi connectivity index (χ2n) is 8.77. The molecule has 2 atom stereocenters. The van der Waals surface area contributed by atoms with Gasteiger partial charge in [-0.15, -0.1) is 0 Å². The van der Waals surface area contributed by atoms with E-state index in [9.17, 15) is 4.79 Å². The molecule has 1 amide bonds. The van der Waals surface area contributed by atoms with Crippen molar-refractivity contribution >= 4 is 5.91 Å². The van der Waals surface area contributed by atoms with Gasteiger partial charge in [-0.3, -0.25) is 4.79 Å². The highest BCUT2D eigenvalue weighted by atomic mass is 16.1. The van der Waals surface area contributed by atoms with Crippen LogP contribution < -0.4 is 11.1 Å². The zero-order valence-corrected chi connectivity index (χ0v) is 13.3. The number of carbonyl (C=O) groups excluding carboxylic acids is 1. The fourth-order valence-corrected chi connectivity index (χ4v) is 6.07. The molecule has 4 bridgehead atoms. The SMILES string of the molecule is CC(NC(=O)CC(N)C1CC1)C12CC3CC(CC(C3)C1)C2. The molecule has 3 heteroatoms. The van der Waals surface area contributed by atoms with Gasteiger partial charge in [-0.05, 0) is 87.4 Å². The summed E-state index contributed by atoms with van der Waals surface area (Å²) >= 11 is 0. The molecule has 0 spiro atoms. The van der Waals surface area contributed by atoms with E-state index in [-0.39, 0.29) is 11.9 Å². The van der Waals surface area contributed by atoms with Gasteiger partial charge in [0.25, 0.3) is 0 Å². The van der Waals surface area contributed by atoms with E-state index < -0.39 is 0 Å². The van der Waals surface area contributed by atoms with Crippen molar-refractivity contribution in [3.8, 4) is 0 Å². The molecular formula is C18H30N2O. The Bertz CT molecular complexity index is 394. The Morgan fingerprint density at radius 1 is 1.14 bits per heavy atom. The average Bonchev–Trinajstić information content (AvgIpc) is 3.20. The number of nitrogens with one attached hydrogen (secondary N) is 1. The van der Waals surface area contributed by atoms with Gasteiger partial charge in [-0.1, -0.05) is 0 Å². The summed E-state index contributed by atoms with van der Waals surface area (Å²) in [5.74, 6) is 3.65. The van der Waals surface area contributed by atoms with Crippen molar-refractivity contribution < 1.29 is 4.79 Å². The van der Waals surface area contributed by atoms with E-state index in [1.165, 1.54) is 51.4 Å². The molecule has 0 aromatic carbocycles. The first-order valence-electron chi connectivity index (χ1n) is 9.09. The Kier molecular flexibility index (Phi) is 3.33. The van der Waals surface area contributed by atoms with E-state index in [2.05, 4.69) is 12.2 Å². The van der Waals surface area contributed by atoms with Crippen LogP contribution in [0.1, 0.15) is 64.7 Å². The number of rotatable bonds is 5. The molecule has 21 heavy (non-hydrogen) atoms. The highest BCUT2D eigenvalue weighted by Gasteiger charge is 2.53. The Hall–Kier alpha value is -0.570. The van der Waals surface area contributed by atoms with Gasteiger partial charge in [0.05, 0.1) is 0 Å². The summed E-state index contributed by atoms with van der Waals surface area (Å²) in [6, 6.07) is 0.429. The summed E-state index contributed by atoms with van der Waals surface area (Å²) in [5, 5.41) is 3.33. The van der Waals surface area contributed by atoms with E-state index in [0.29, 0.717) is 23.8 Å². The van der Waals surface area contributed by atoms with E-state index >= 15 is 0 Å². The maximum Gasteiger partial charge on any atom is 0.221 e. The van der Waals surface area contributed by atoms with Crippen molar-refractivity contribution in [2.45, 2.75) is 76.8 Å². The lowest BCUT2D eigenvalue weighted by molar-refractivity contribution is -0.126. The van der Waals surface area contributed by atoms with Crippen LogP contribution in [0.15, 0.2) is 0 Å². The van der Waals surface area contributed by atoms with Crippen molar-refractivity contribution in [1.29, 1.82) is 0 Å². The molecule has 2 unspecified atom stereocenters. The van der Waals surface area contributed by atoms with Crippen LogP contribution in [-0.4, -0.2) is 18.0 Å². The molecule has 0 aromatic heterocycles. The highest BCUT2D eigenvalue weighted by molar-refractivity contribution is 5.77. The smallest absolute Gasteiger partial charge is 0.221 e. The Morgan fingerprint density at radius 2 is 1.67 bits per heavy atom. The number of amides is 1. The quantitative estimate of drug-likeness (QED) is 0.818. The third-order valence-electron chi connectivity index (χ3n) is 7.03. The van der Waals surface area contributed by atoms with E-state index in [0.717, 1.165) is 17.8 Å². The second-order valence-corrected chi connectivity index (χ2v) is 8.77. The molecule has 118 valence electrons. The molecule has 5 aliphatic rings. The Balaban J connectivity index is 1.38. The van der Waals surface area contributed by atoms with Crippen molar-refractivity contribution in [1.82, 2.24) is 5.32 Å². The van der Waals surface area contributed by atoms with Crippen molar-refractivity contribution in [3.63, 3.8) is 0 Å². The first-order chi connectivity index (χ1) is 10.0. The number of hydrogen-bond donors (Lipinski definition) is 2. The summed E-state index contributed by atoms with van der Waals surface area (Å²) in [6.07, 6.45) is 11.4. The molecule has 3 N–H and O–H groups in total. The zero-order valence-electron chi connectivity index (χ0n) is 13.3. The van der Waals surface area contributed by atoms with E-state index in [1.54, 1.807) is 0 Å². The lowest BCUT2D eigenvalue weighted by Crippen LogP contribution is -2.56. The minimum Gasteiger partial charge on any atom is -0.353 e.